The largest absolute Gasteiger partial charge is 0.465 e. The predicted octanol–water partition coefficient (Wildman–Crippen LogP) is 3.55. The Morgan fingerprint density at radius 3 is 2.24 bits per heavy atom. The number of halogens is 1. The Kier molecular flexibility index (Phi) is 6.44. The van der Waals surface area contributed by atoms with Crippen LogP contribution in [0.3, 0.4) is 0 Å². The number of carbonyl (C=O) groups is 2. The van der Waals surface area contributed by atoms with Crippen molar-refractivity contribution in [2.45, 2.75) is 24.2 Å². The molecule has 1 saturated heterocycles. The lowest BCUT2D eigenvalue weighted by Crippen LogP contribution is -2.35. The van der Waals surface area contributed by atoms with Crippen molar-refractivity contribution in [3.8, 4) is 0 Å². The first kappa shape index (κ1) is 21.1. The molecule has 2 aromatic rings. The summed E-state index contributed by atoms with van der Waals surface area (Å²) in [5, 5.41) is -0.0259. The van der Waals surface area contributed by atoms with Crippen LogP contribution >= 0.6 is 11.6 Å². The minimum atomic E-state index is -4.05. The van der Waals surface area contributed by atoms with Gasteiger partial charge in [0, 0.05) is 24.3 Å². The van der Waals surface area contributed by atoms with Gasteiger partial charge in [-0.15, -0.1) is 0 Å². The van der Waals surface area contributed by atoms with Crippen LogP contribution in [0.15, 0.2) is 47.4 Å². The van der Waals surface area contributed by atoms with Crippen molar-refractivity contribution in [3.05, 3.63) is 58.6 Å². The van der Waals surface area contributed by atoms with Crippen LogP contribution in [0.4, 0.5) is 5.69 Å². The summed E-state index contributed by atoms with van der Waals surface area (Å²) in [7, 11) is -2.84. The third-order valence-corrected chi connectivity index (χ3v) is 6.53. The minimum Gasteiger partial charge on any atom is -0.465 e. The van der Waals surface area contributed by atoms with Crippen molar-refractivity contribution in [2.75, 3.05) is 24.9 Å². The molecule has 0 aromatic heterocycles. The van der Waals surface area contributed by atoms with Crippen molar-refractivity contribution in [2.24, 2.45) is 0 Å². The lowest BCUT2D eigenvalue weighted by Gasteiger charge is -2.26. The normalized spacial score (nSPS) is 14.3. The number of esters is 1. The Morgan fingerprint density at radius 1 is 1.00 bits per heavy atom. The van der Waals surface area contributed by atoms with E-state index in [-0.39, 0.29) is 27.1 Å². The summed E-state index contributed by atoms with van der Waals surface area (Å²) in [6, 6.07) is 10.1. The standard InChI is InChI=1S/C20H21ClN2O5S/c1-28-20(25)15-7-10-17(21)18(13-15)29(26,27)22-16-8-5-14(6-9-16)19(24)23-11-3-2-4-12-23/h5-10,13,22H,2-4,11-12H2,1H3. The number of ether oxygens (including phenoxy) is 1. The molecule has 0 aliphatic carbocycles. The molecule has 1 amide bonds. The smallest absolute Gasteiger partial charge is 0.337 e. The van der Waals surface area contributed by atoms with Crippen LogP contribution in [0.1, 0.15) is 40.0 Å². The molecule has 1 fully saturated rings. The van der Waals surface area contributed by atoms with Crippen molar-refractivity contribution < 1.29 is 22.7 Å². The summed E-state index contributed by atoms with van der Waals surface area (Å²) in [5.74, 6) is -0.730. The minimum absolute atomic E-state index is 0.0259. The molecule has 1 aliphatic rings. The molecule has 7 nitrogen and oxygen atoms in total. The third kappa shape index (κ3) is 4.89. The van der Waals surface area contributed by atoms with Gasteiger partial charge in [0.1, 0.15) is 4.90 Å². The van der Waals surface area contributed by atoms with E-state index >= 15 is 0 Å². The fraction of sp³-hybridized carbons (Fsp3) is 0.300. The van der Waals surface area contributed by atoms with E-state index in [9.17, 15) is 18.0 Å². The van der Waals surface area contributed by atoms with Crippen LogP contribution in [0.5, 0.6) is 0 Å². The summed E-state index contributed by atoms with van der Waals surface area (Å²) < 4.78 is 32.5. The molecule has 0 unspecified atom stereocenters. The molecule has 2 aromatic carbocycles. The summed E-state index contributed by atoms with van der Waals surface area (Å²) in [5.41, 5.74) is 0.847. The van der Waals surface area contributed by atoms with Crippen molar-refractivity contribution in [1.82, 2.24) is 4.90 Å². The number of nitrogens with zero attached hydrogens (tertiary/aromatic N) is 1. The molecule has 0 bridgehead atoms. The zero-order valence-corrected chi connectivity index (χ0v) is 17.4. The Hall–Kier alpha value is -2.58. The number of rotatable bonds is 5. The Morgan fingerprint density at radius 2 is 1.62 bits per heavy atom. The summed E-state index contributed by atoms with van der Waals surface area (Å²) >= 11 is 6.03. The summed E-state index contributed by atoms with van der Waals surface area (Å²) in [6.07, 6.45) is 3.12. The van der Waals surface area contributed by atoms with Gasteiger partial charge in [-0.3, -0.25) is 9.52 Å². The van der Waals surface area contributed by atoms with Gasteiger partial charge in [0.15, 0.2) is 0 Å². The zero-order chi connectivity index (χ0) is 21.0. The molecule has 0 spiro atoms. The average Bonchev–Trinajstić information content (AvgIpc) is 2.73. The highest BCUT2D eigenvalue weighted by molar-refractivity contribution is 7.92. The number of nitrogens with one attached hydrogen (secondary N) is 1. The molecule has 0 atom stereocenters. The number of sulfonamides is 1. The Labute approximate surface area is 174 Å². The molecular formula is C20H21ClN2O5S. The number of anilines is 1. The fourth-order valence-corrected chi connectivity index (χ4v) is 4.71. The van der Waals surface area contributed by atoms with E-state index in [0.29, 0.717) is 5.56 Å². The lowest BCUT2D eigenvalue weighted by atomic mass is 10.1. The number of likely N-dealkylation sites (tertiary alicyclic amines) is 1. The second-order valence-corrected chi connectivity index (χ2v) is 8.73. The monoisotopic (exact) mass is 436 g/mol. The Balaban J connectivity index is 1.79. The quantitative estimate of drug-likeness (QED) is 0.723. The molecular weight excluding hydrogens is 416 g/mol. The fourth-order valence-electron chi connectivity index (χ4n) is 3.12. The highest BCUT2D eigenvalue weighted by Gasteiger charge is 2.22. The van der Waals surface area contributed by atoms with Crippen molar-refractivity contribution in [1.29, 1.82) is 0 Å². The summed E-state index contributed by atoms with van der Waals surface area (Å²) in [6.45, 7) is 1.48. The number of carbonyl (C=O) groups excluding carboxylic acids is 2. The molecule has 1 heterocycles. The maximum atomic E-state index is 12.7. The number of hydrogen-bond donors (Lipinski definition) is 1. The molecule has 154 valence electrons. The zero-order valence-electron chi connectivity index (χ0n) is 15.9. The molecule has 1 N–H and O–H groups in total. The maximum Gasteiger partial charge on any atom is 0.337 e. The van der Waals surface area contributed by atoms with Gasteiger partial charge in [-0.05, 0) is 61.7 Å². The molecule has 29 heavy (non-hydrogen) atoms. The van der Waals surface area contributed by atoms with Gasteiger partial charge in [-0.2, -0.15) is 0 Å². The van der Waals surface area contributed by atoms with Crippen LogP contribution in [0.2, 0.25) is 5.02 Å². The van der Waals surface area contributed by atoms with E-state index in [4.69, 9.17) is 11.6 Å². The molecule has 0 radical (unpaired) electrons. The predicted molar refractivity (Wildman–Crippen MR) is 110 cm³/mol. The number of piperidine rings is 1. The van der Waals surface area contributed by atoms with Gasteiger partial charge in [0.2, 0.25) is 0 Å². The van der Waals surface area contributed by atoms with Crippen LogP contribution in [-0.4, -0.2) is 45.4 Å². The van der Waals surface area contributed by atoms with E-state index in [0.717, 1.165) is 38.4 Å². The first-order chi connectivity index (χ1) is 13.8. The summed E-state index contributed by atoms with van der Waals surface area (Å²) in [4.78, 5) is 25.8. The molecule has 3 rings (SSSR count). The van der Waals surface area contributed by atoms with Crippen LogP contribution in [-0.2, 0) is 14.8 Å². The second-order valence-electron chi connectivity index (χ2n) is 6.67. The van der Waals surface area contributed by atoms with Crippen LogP contribution < -0.4 is 4.72 Å². The maximum absolute atomic E-state index is 12.7. The number of hydrogen-bond acceptors (Lipinski definition) is 5. The van der Waals surface area contributed by atoms with E-state index < -0.39 is 16.0 Å². The molecule has 1 aliphatic heterocycles. The highest BCUT2D eigenvalue weighted by atomic mass is 35.5. The number of methoxy groups -OCH3 is 1. The van der Waals surface area contributed by atoms with Crippen molar-refractivity contribution >= 4 is 39.2 Å². The SMILES string of the molecule is COC(=O)c1ccc(Cl)c(S(=O)(=O)Nc2ccc(C(=O)N3CCCCC3)cc2)c1. The van der Waals surface area contributed by atoms with Gasteiger partial charge >= 0.3 is 5.97 Å². The van der Waals surface area contributed by atoms with Gasteiger partial charge in [0.05, 0.1) is 17.7 Å². The number of benzene rings is 2. The number of amides is 1. The van der Waals surface area contributed by atoms with Crippen LogP contribution in [0, 0.1) is 0 Å². The first-order valence-corrected chi connectivity index (χ1v) is 11.0. The van der Waals surface area contributed by atoms with Gasteiger partial charge in [-0.25, -0.2) is 13.2 Å². The third-order valence-electron chi connectivity index (χ3n) is 4.67. The van der Waals surface area contributed by atoms with Crippen molar-refractivity contribution in [3.63, 3.8) is 0 Å². The average molecular weight is 437 g/mol. The van der Waals surface area contributed by atoms with Gasteiger partial charge < -0.3 is 9.64 Å². The van der Waals surface area contributed by atoms with Gasteiger partial charge in [0.25, 0.3) is 15.9 Å². The second kappa shape index (κ2) is 8.84. The molecule has 0 saturated carbocycles. The van der Waals surface area contributed by atoms with Gasteiger partial charge in [-0.1, -0.05) is 11.6 Å². The lowest BCUT2D eigenvalue weighted by molar-refractivity contribution is 0.0600. The first-order valence-electron chi connectivity index (χ1n) is 9.12. The Bertz CT molecular complexity index is 1020. The topological polar surface area (TPSA) is 92.8 Å². The van der Waals surface area contributed by atoms with Crippen LogP contribution in [0.25, 0.3) is 0 Å². The van der Waals surface area contributed by atoms with E-state index in [1.807, 2.05) is 0 Å². The molecule has 9 heteroatoms. The van der Waals surface area contributed by atoms with E-state index in [1.54, 1.807) is 17.0 Å². The highest BCUT2D eigenvalue weighted by Crippen LogP contribution is 2.26. The van der Waals surface area contributed by atoms with E-state index in [1.165, 1.54) is 31.4 Å². The van der Waals surface area contributed by atoms with E-state index in [2.05, 4.69) is 9.46 Å².